The first kappa shape index (κ1) is 14.5. The van der Waals surface area contributed by atoms with Crippen LogP contribution in [0.1, 0.15) is 51.3 Å². The molecule has 1 fully saturated rings. The second kappa shape index (κ2) is 7.01. The molecule has 0 spiro atoms. The third kappa shape index (κ3) is 4.29. The standard InChI is InChI=1S/C16H26N2O/c1-12(2)10-15(14-7-3-4-9-17-14)18-11-13-6-5-8-16(13)19/h3-4,7,9,12-13,15-16,18-19H,5-6,8,10-11H2,1-2H3. The van der Waals surface area contributed by atoms with Crippen molar-refractivity contribution in [3.05, 3.63) is 30.1 Å². The van der Waals surface area contributed by atoms with E-state index >= 15 is 0 Å². The Hall–Kier alpha value is -0.930. The van der Waals surface area contributed by atoms with Crippen LogP contribution in [0, 0.1) is 11.8 Å². The van der Waals surface area contributed by atoms with Crippen molar-refractivity contribution < 1.29 is 5.11 Å². The van der Waals surface area contributed by atoms with Gasteiger partial charge in [-0.05, 0) is 43.2 Å². The smallest absolute Gasteiger partial charge is 0.0580 e. The van der Waals surface area contributed by atoms with Crippen LogP contribution in [0.2, 0.25) is 0 Å². The first-order chi connectivity index (χ1) is 9.16. The van der Waals surface area contributed by atoms with E-state index in [1.165, 1.54) is 0 Å². The van der Waals surface area contributed by atoms with Gasteiger partial charge in [-0.25, -0.2) is 0 Å². The number of rotatable bonds is 6. The average Bonchev–Trinajstić information content (AvgIpc) is 2.81. The molecule has 1 aliphatic carbocycles. The summed E-state index contributed by atoms with van der Waals surface area (Å²) in [7, 11) is 0. The number of nitrogens with one attached hydrogen (secondary N) is 1. The molecular weight excluding hydrogens is 236 g/mol. The predicted molar refractivity (Wildman–Crippen MR) is 77.8 cm³/mol. The summed E-state index contributed by atoms with van der Waals surface area (Å²) >= 11 is 0. The largest absolute Gasteiger partial charge is 0.393 e. The van der Waals surface area contributed by atoms with Gasteiger partial charge in [-0.2, -0.15) is 0 Å². The van der Waals surface area contributed by atoms with Gasteiger partial charge in [-0.15, -0.1) is 0 Å². The third-order valence-electron chi connectivity index (χ3n) is 4.00. The summed E-state index contributed by atoms with van der Waals surface area (Å²) in [5.41, 5.74) is 1.11. The van der Waals surface area contributed by atoms with Crippen molar-refractivity contribution >= 4 is 0 Å². The molecule has 3 unspecified atom stereocenters. The maximum Gasteiger partial charge on any atom is 0.0580 e. The molecule has 0 radical (unpaired) electrons. The van der Waals surface area contributed by atoms with Gasteiger partial charge in [0.2, 0.25) is 0 Å². The topological polar surface area (TPSA) is 45.1 Å². The molecule has 3 heteroatoms. The Bertz CT molecular complexity index is 366. The molecule has 1 aliphatic rings. The van der Waals surface area contributed by atoms with Gasteiger partial charge in [0.05, 0.1) is 11.8 Å². The number of nitrogens with zero attached hydrogens (tertiary/aromatic N) is 1. The second-order valence-electron chi connectivity index (χ2n) is 6.10. The van der Waals surface area contributed by atoms with Crippen LogP contribution in [0.25, 0.3) is 0 Å². The fraction of sp³-hybridized carbons (Fsp3) is 0.688. The molecule has 106 valence electrons. The Morgan fingerprint density at radius 2 is 2.21 bits per heavy atom. The lowest BCUT2D eigenvalue weighted by Gasteiger charge is -2.23. The third-order valence-corrected chi connectivity index (χ3v) is 4.00. The normalized spacial score (nSPS) is 24.8. The van der Waals surface area contributed by atoms with Crippen LogP contribution in [0.15, 0.2) is 24.4 Å². The monoisotopic (exact) mass is 262 g/mol. The summed E-state index contributed by atoms with van der Waals surface area (Å²) in [5.74, 6) is 1.05. The van der Waals surface area contributed by atoms with Crippen molar-refractivity contribution in [3.63, 3.8) is 0 Å². The maximum absolute atomic E-state index is 9.90. The number of aliphatic hydroxyl groups excluding tert-OH is 1. The van der Waals surface area contributed by atoms with Gasteiger partial charge < -0.3 is 10.4 Å². The van der Waals surface area contributed by atoms with Gasteiger partial charge in [0, 0.05) is 18.8 Å². The molecule has 0 aliphatic heterocycles. The summed E-state index contributed by atoms with van der Waals surface area (Å²) in [6.07, 6.45) is 6.09. The number of aromatic nitrogens is 1. The zero-order valence-electron chi connectivity index (χ0n) is 12.0. The van der Waals surface area contributed by atoms with Crippen molar-refractivity contribution in [2.45, 2.75) is 51.7 Å². The van der Waals surface area contributed by atoms with E-state index in [1.54, 1.807) is 0 Å². The number of pyridine rings is 1. The van der Waals surface area contributed by atoms with Gasteiger partial charge >= 0.3 is 0 Å². The van der Waals surface area contributed by atoms with Crippen molar-refractivity contribution in [2.75, 3.05) is 6.54 Å². The highest BCUT2D eigenvalue weighted by Gasteiger charge is 2.26. The molecule has 1 aromatic rings. The average molecular weight is 262 g/mol. The summed E-state index contributed by atoms with van der Waals surface area (Å²) in [6.45, 7) is 5.37. The highest BCUT2D eigenvalue weighted by molar-refractivity contribution is 5.08. The Morgan fingerprint density at radius 3 is 2.79 bits per heavy atom. The molecule has 0 bridgehead atoms. The van der Waals surface area contributed by atoms with Crippen LogP contribution < -0.4 is 5.32 Å². The summed E-state index contributed by atoms with van der Waals surface area (Å²) in [4.78, 5) is 4.47. The SMILES string of the molecule is CC(C)CC(NCC1CCCC1O)c1ccccn1. The lowest BCUT2D eigenvalue weighted by molar-refractivity contribution is 0.129. The molecule has 1 aromatic heterocycles. The Morgan fingerprint density at radius 1 is 1.37 bits per heavy atom. The lowest BCUT2D eigenvalue weighted by Crippen LogP contribution is -2.32. The van der Waals surface area contributed by atoms with Crippen LogP contribution >= 0.6 is 0 Å². The minimum atomic E-state index is -0.115. The molecule has 0 saturated heterocycles. The van der Waals surface area contributed by atoms with Crippen LogP contribution in [-0.4, -0.2) is 22.7 Å². The fourth-order valence-corrected chi connectivity index (χ4v) is 2.91. The van der Waals surface area contributed by atoms with E-state index in [9.17, 15) is 5.11 Å². The zero-order valence-corrected chi connectivity index (χ0v) is 12.0. The molecule has 2 N–H and O–H groups in total. The van der Waals surface area contributed by atoms with E-state index in [0.29, 0.717) is 17.9 Å². The molecule has 3 atom stereocenters. The number of aliphatic hydroxyl groups is 1. The Balaban J connectivity index is 1.94. The highest BCUT2D eigenvalue weighted by atomic mass is 16.3. The minimum Gasteiger partial charge on any atom is -0.393 e. The van der Waals surface area contributed by atoms with Gasteiger partial charge in [-0.1, -0.05) is 26.3 Å². The molecule has 19 heavy (non-hydrogen) atoms. The number of hydrogen-bond acceptors (Lipinski definition) is 3. The minimum absolute atomic E-state index is 0.115. The fourth-order valence-electron chi connectivity index (χ4n) is 2.91. The summed E-state index contributed by atoms with van der Waals surface area (Å²) in [6, 6.07) is 6.39. The molecule has 3 nitrogen and oxygen atoms in total. The van der Waals surface area contributed by atoms with Crippen LogP contribution in [0.3, 0.4) is 0 Å². The lowest BCUT2D eigenvalue weighted by atomic mass is 9.99. The quantitative estimate of drug-likeness (QED) is 0.828. The number of hydrogen-bond donors (Lipinski definition) is 2. The molecule has 1 saturated carbocycles. The van der Waals surface area contributed by atoms with Crippen LogP contribution in [-0.2, 0) is 0 Å². The highest BCUT2D eigenvalue weighted by Crippen LogP contribution is 2.26. The first-order valence-corrected chi connectivity index (χ1v) is 7.49. The summed E-state index contributed by atoms with van der Waals surface area (Å²) < 4.78 is 0. The van der Waals surface area contributed by atoms with Crippen LogP contribution in [0.5, 0.6) is 0 Å². The Kier molecular flexibility index (Phi) is 5.34. The molecular formula is C16H26N2O. The van der Waals surface area contributed by atoms with E-state index in [4.69, 9.17) is 0 Å². The van der Waals surface area contributed by atoms with E-state index in [0.717, 1.165) is 37.9 Å². The molecule has 0 aromatic carbocycles. The van der Waals surface area contributed by atoms with Gasteiger partial charge in [0.15, 0.2) is 0 Å². The van der Waals surface area contributed by atoms with Crippen molar-refractivity contribution in [3.8, 4) is 0 Å². The second-order valence-corrected chi connectivity index (χ2v) is 6.10. The Labute approximate surface area is 116 Å². The predicted octanol–water partition coefficient (Wildman–Crippen LogP) is 2.92. The van der Waals surface area contributed by atoms with E-state index < -0.39 is 0 Å². The van der Waals surface area contributed by atoms with Gasteiger partial charge in [0.1, 0.15) is 0 Å². The van der Waals surface area contributed by atoms with Crippen molar-refractivity contribution in [1.29, 1.82) is 0 Å². The maximum atomic E-state index is 9.90. The van der Waals surface area contributed by atoms with E-state index in [1.807, 2.05) is 18.3 Å². The van der Waals surface area contributed by atoms with Gasteiger partial charge in [-0.3, -0.25) is 4.98 Å². The first-order valence-electron chi connectivity index (χ1n) is 7.49. The zero-order chi connectivity index (χ0) is 13.7. The van der Waals surface area contributed by atoms with Crippen LogP contribution in [0.4, 0.5) is 0 Å². The van der Waals surface area contributed by atoms with E-state index in [2.05, 4.69) is 30.2 Å². The molecule has 1 heterocycles. The van der Waals surface area contributed by atoms with E-state index in [-0.39, 0.29) is 6.10 Å². The van der Waals surface area contributed by atoms with Crippen molar-refractivity contribution in [1.82, 2.24) is 10.3 Å². The summed E-state index contributed by atoms with van der Waals surface area (Å²) in [5, 5.41) is 13.5. The van der Waals surface area contributed by atoms with Gasteiger partial charge in [0.25, 0.3) is 0 Å². The molecule has 0 amide bonds. The molecule has 2 rings (SSSR count). The van der Waals surface area contributed by atoms with Crippen molar-refractivity contribution in [2.24, 2.45) is 11.8 Å².